The van der Waals surface area contributed by atoms with E-state index in [9.17, 15) is 8.78 Å². The maximum Gasteiger partial charge on any atom is 0.115 e. The fraction of sp³-hybridized carbons (Fsp3) is 1.00. The summed E-state index contributed by atoms with van der Waals surface area (Å²) in [6, 6.07) is 0. The van der Waals surface area contributed by atoms with Crippen LogP contribution in [0.25, 0.3) is 0 Å². The highest BCUT2D eigenvalue weighted by Gasteiger charge is 2.53. The minimum absolute atomic E-state index is 0.168. The summed E-state index contributed by atoms with van der Waals surface area (Å²) in [5.41, 5.74) is -0.168. The number of halogens is 2. The second-order valence-electron chi connectivity index (χ2n) is 4.77. The van der Waals surface area contributed by atoms with E-state index in [1.807, 2.05) is 4.90 Å². The molecule has 3 heteroatoms. The van der Waals surface area contributed by atoms with Crippen molar-refractivity contribution in [3.05, 3.63) is 0 Å². The van der Waals surface area contributed by atoms with Crippen LogP contribution in [0.3, 0.4) is 0 Å². The zero-order valence-electron chi connectivity index (χ0n) is 8.26. The van der Waals surface area contributed by atoms with Crippen molar-refractivity contribution in [1.29, 1.82) is 0 Å². The van der Waals surface area contributed by atoms with Crippen LogP contribution < -0.4 is 0 Å². The molecule has 0 radical (unpaired) electrons. The standard InChI is InChI=1S/C10H17F2N/c1-7(2)10-3-8(11)5-13(10)6-9(12)4-10/h7-9H,3-6H2,1-2H3/t8-,9?,10?/m1/s1. The van der Waals surface area contributed by atoms with Crippen molar-refractivity contribution < 1.29 is 8.78 Å². The first-order valence-electron chi connectivity index (χ1n) is 5.08. The molecular weight excluding hydrogens is 172 g/mol. The molecule has 0 bridgehead atoms. The second-order valence-corrected chi connectivity index (χ2v) is 4.77. The lowest BCUT2D eigenvalue weighted by Crippen LogP contribution is -2.42. The van der Waals surface area contributed by atoms with E-state index >= 15 is 0 Å². The highest BCUT2D eigenvalue weighted by molar-refractivity contribution is 5.07. The lowest BCUT2D eigenvalue weighted by atomic mass is 9.82. The molecule has 2 aliphatic rings. The quantitative estimate of drug-likeness (QED) is 0.611. The monoisotopic (exact) mass is 189 g/mol. The summed E-state index contributed by atoms with van der Waals surface area (Å²) in [5.74, 6) is 0.356. The van der Waals surface area contributed by atoms with Gasteiger partial charge < -0.3 is 0 Å². The van der Waals surface area contributed by atoms with Gasteiger partial charge in [-0.15, -0.1) is 0 Å². The smallest absolute Gasteiger partial charge is 0.115 e. The molecule has 13 heavy (non-hydrogen) atoms. The van der Waals surface area contributed by atoms with Crippen molar-refractivity contribution in [2.75, 3.05) is 13.1 Å². The average molecular weight is 189 g/mol. The van der Waals surface area contributed by atoms with Crippen molar-refractivity contribution in [1.82, 2.24) is 4.90 Å². The molecule has 0 aromatic rings. The molecule has 2 rings (SSSR count). The highest BCUT2D eigenvalue weighted by Crippen LogP contribution is 2.45. The Morgan fingerprint density at radius 1 is 1.15 bits per heavy atom. The van der Waals surface area contributed by atoms with E-state index < -0.39 is 12.3 Å². The predicted molar refractivity (Wildman–Crippen MR) is 48.2 cm³/mol. The Labute approximate surface area is 78.1 Å². The van der Waals surface area contributed by atoms with Gasteiger partial charge in [-0.1, -0.05) is 13.8 Å². The van der Waals surface area contributed by atoms with Gasteiger partial charge in [0, 0.05) is 18.6 Å². The van der Waals surface area contributed by atoms with Gasteiger partial charge in [0.1, 0.15) is 12.3 Å². The van der Waals surface area contributed by atoms with Gasteiger partial charge in [0.25, 0.3) is 0 Å². The van der Waals surface area contributed by atoms with Crippen LogP contribution in [-0.4, -0.2) is 35.9 Å². The summed E-state index contributed by atoms with van der Waals surface area (Å²) in [7, 11) is 0. The van der Waals surface area contributed by atoms with Gasteiger partial charge >= 0.3 is 0 Å². The van der Waals surface area contributed by atoms with Crippen LogP contribution >= 0.6 is 0 Å². The van der Waals surface area contributed by atoms with Gasteiger partial charge in [-0.25, -0.2) is 8.78 Å². The molecule has 0 spiro atoms. The van der Waals surface area contributed by atoms with E-state index in [-0.39, 0.29) is 5.54 Å². The van der Waals surface area contributed by atoms with Crippen LogP contribution in [0.1, 0.15) is 26.7 Å². The number of nitrogens with zero attached hydrogens (tertiary/aromatic N) is 1. The molecule has 1 nitrogen and oxygen atoms in total. The van der Waals surface area contributed by atoms with E-state index in [2.05, 4.69) is 13.8 Å². The summed E-state index contributed by atoms with van der Waals surface area (Å²) in [4.78, 5) is 2.02. The van der Waals surface area contributed by atoms with Crippen LogP contribution in [-0.2, 0) is 0 Å². The fourth-order valence-corrected chi connectivity index (χ4v) is 2.99. The number of rotatable bonds is 1. The molecule has 0 aromatic heterocycles. The summed E-state index contributed by atoms with van der Waals surface area (Å²) in [6.45, 7) is 5.03. The van der Waals surface area contributed by atoms with E-state index in [1.165, 1.54) is 0 Å². The number of alkyl halides is 2. The fourth-order valence-electron chi connectivity index (χ4n) is 2.99. The minimum atomic E-state index is -0.741. The van der Waals surface area contributed by atoms with E-state index in [4.69, 9.17) is 0 Å². The Kier molecular flexibility index (Phi) is 2.10. The molecule has 0 saturated carbocycles. The van der Waals surface area contributed by atoms with Gasteiger partial charge in [-0.3, -0.25) is 4.90 Å². The van der Waals surface area contributed by atoms with Crippen molar-refractivity contribution in [2.24, 2.45) is 5.92 Å². The lowest BCUT2D eigenvalue weighted by Gasteiger charge is -2.35. The minimum Gasteiger partial charge on any atom is -0.291 e. The Bertz CT molecular complexity index is 191. The average Bonchev–Trinajstić information content (AvgIpc) is 2.40. The number of hydrogen-bond acceptors (Lipinski definition) is 1. The molecule has 0 N–H and O–H groups in total. The molecule has 2 saturated heterocycles. The van der Waals surface area contributed by atoms with Crippen LogP contribution in [0.5, 0.6) is 0 Å². The zero-order chi connectivity index (χ0) is 9.64. The third-order valence-corrected chi connectivity index (χ3v) is 3.69. The number of fused-ring (bicyclic) bond motifs is 1. The van der Waals surface area contributed by atoms with Crippen molar-refractivity contribution >= 4 is 0 Å². The molecule has 2 unspecified atom stereocenters. The Morgan fingerprint density at radius 3 is 1.92 bits per heavy atom. The van der Waals surface area contributed by atoms with Crippen LogP contribution in [0.4, 0.5) is 8.78 Å². The summed E-state index contributed by atoms with van der Waals surface area (Å²) in [5, 5.41) is 0. The molecule has 3 atom stereocenters. The largest absolute Gasteiger partial charge is 0.291 e. The Morgan fingerprint density at radius 2 is 1.62 bits per heavy atom. The van der Waals surface area contributed by atoms with Crippen LogP contribution in [0, 0.1) is 5.92 Å². The molecule has 2 aliphatic heterocycles. The maximum absolute atomic E-state index is 13.2. The first kappa shape index (κ1) is 9.38. The van der Waals surface area contributed by atoms with Crippen LogP contribution in [0.15, 0.2) is 0 Å². The molecule has 0 aliphatic carbocycles. The van der Waals surface area contributed by atoms with Crippen molar-refractivity contribution in [3.63, 3.8) is 0 Å². The van der Waals surface area contributed by atoms with Gasteiger partial charge in [-0.2, -0.15) is 0 Å². The third-order valence-electron chi connectivity index (χ3n) is 3.69. The first-order chi connectivity index (χ1) is 6.04. The molecular formula is C10H17F2N. The second kappa shape index (κ2) is 2.91. The SMILES string of the molecule is CC(C)C12CC(F)CN1C[C@H](F)C2. The van der Waals surface area contributed by atoms with E-state index in [0.717, 1.165) is 0 Å². The zero-order valence-corrected chi connectivity index (χ0v) is 8.26. The van der Waals surface area contributed by atoms with Gasteiger partial charge in [-0.05, 0) is 18.8 Å². The summed E-state index contributed by atoms with van der Waals surface area (Å²) >= 11 is 0. The molecule has 2 heterocycles. The van der Waals surface area contributed by atoms with E-state index in [1.54, 1.807) is 0 Å². The summed E-state index contributed by atoms with van der Waals surface area (Å²) < 4.78 is 26.4. The highest BCUT2D eigenvalue weighted by atomic mass is 19.1. The third kappa shape index (κ3) is 1.28. The Hall–Kier alpha value is -0.180. The van der Waals surface area contributed by atoms with Crippen molar-refractivity contribution in [2.45, 2.75) is 44.6 Å². The number of hydrogen-bond donors (Lipinski definition) is 0. The van der Waals surface area contributed by atoms with E-state index in [0.29, 0.717) is 31.8 Å². The molecule has 0 aromatic carbocycles. The summed E-state index contributed by atoms with van der Waals surface area (Å²) in [6.07, 6.45) is -0.416. The van der Waals surface area contributed by atoms with Gasteiger partial charge in [0.15, 0.2) is 0 Å². The van der Waals surface area contributed by atoms with Crippen LogP contribution in [0.2, 0.25) is 0 Å². The maximum atomic E-state index is 13.2. The lowest BCUT2D eigenvalue weighted by molar-refractivity contribution is 0.136. The predicted octanol–water partition coefficient (Wildman–Crippen LogP) is 2.17. The normalized spacial score (nSPS) is 45.9. The Balaban J connectivity index is 2.21. The molecule has 76 valence electrons. The van der Waals surface area contributed by atoms with Crippen molar-refractivity contribution in [3.8, 4) is 0 Å². The topological polar surface area (TPSA) is 3.24 Å². The first-order valence-corrected chi connectivity index (χ1v) is 5.08. The van der Waals surface area contributed by atoms with Gasteiger partial charge in [0.2, 0.25) is 0 Å². The molecule has 2 fully saturated rings. The molecule has 0 amide bonds. The van der Waals surface area contributed by atoms with Gasteiger partial charge in [0.05, 0.1) is 0 Å².